The lowest BCUT2D eigenvalue weighted by Gasteiger charge is -2.36. The van der Waals surface area contributed by atoms with Crippen LogP contribution in [0.15, 0.2) is 60.6 Å². The summed E-state index contributed by atoms with van der Waals surface area (Å²) in [6.07, 6.45) is 0.628. The van der Waals surface area contributed by atoms with Crippen molar-refractivity contribution in [3.05, 3.63) is 82.8 Å². The molecule has 1 atom stereocenters. The highest BCUT2D eigenvalue weighted by Crippen LogP contribution is 2.45. The van der Waals surface area contributed by atoms with Crippen molar-refractivity contribution in [2.75, 3.05) is 6.79 Å². The Balaban J connectivity index is 1.94. The number of hydrogen-bond donors (Lipinski definition) is 2. The molecule has 4 rings (SSSR count). The molecule has 2 aliphatic rings. The predicted molar refractivity (Wildman–Crippen MR) is 122 cm³/mol. The summed E-state index contributed by atoms with van der Waals surface area (Å²) in [6, 6.07) is 11.7. The molecule has 186 valence electrons. The lowest BCUT2D eigenvalue weighted by Crippen LogP contribution is -2.52. The molecule has 0 spiro atoms. The van der Waals surface area contributed by atoms with Gasteiger partial charge in [0.15, 0.2) is 5.76 Å². The summed E-state index contributed by atoms with van der Waals surface area (Å²) in [6.45, 7) is -0.219. The monoisotopic (exact) mass is 488 g/mol. The van der Waals surface area contributed by atoms with Gasteiger partial charge < -0.3 is 20.5 Å². The Kier molecular flexibility index (Phi) is 7.05. The van der Waals surface area contributed by atoms with Crippen LogP contribution in [0.3, 0.4) is 0 Å². The quantitative estimate of drug-likeness (QED) is 0.597. The van der Waals surface area contributed by atoms with Crippen LogP contribution in [-0.2, 0) is 32.3 Å². The molecule has 9 heteroatoms. The third-order valence-corrected chi connectivity index (χ3v) is 6.60. The van der Waals surface area contributed by atoms with Gasteiger partial charge >= 0.3 is 6.18 Å². The van der Waals surface area contributed by atoms with E-state index >= 15 is 0 Å². The van der Waals surface area contributed by atoms with Crippen molar-refractivity contribution < 1.29 is 32.2 Å². The number of alkyl halides is 3. The smallest absolute Gasteiger partial charge is 0.416 e. The van der Waals surface area contributed by atoms with Crippen molar-refractivity contribution >= 4 is 11.8 Å². The van der Waals surface area contributed by atoms with E-state index in [9.17, 15) is 22.8 Å². The minimum Gasteiger partial charge on any atom is -0.462 e. The summed E-state index contributed by atoms with van der Waals surface area (Å²) in [5.74, 6) is -1.63. The van der Waals surface area contributed by atoms with Crippen LogP contribution >= 0.6 is 0 Å². The molecule has 0 saturated heterocycles. The Morgan fingerprint density at radius 1 is 1.00 bits per heavy atom. The number of amides is 2. The SMILES string of the molecule is NC(=O)c1ccc(C(Cc2ccccc2)(C(=O)NC2CCCCC2)C2=COCO2)c(C(F)(F)F)c1. The van der Waals surface area contributed by atoms with E-state index in [4.69, 9.17) is 15.2 Å². The molecule has 6 nitrogen and oxygen atoms in total. The van der Waals surface area contributed by atoms with Crippen LogP contribution in [0.25, 0.3) is 0 Å². The Bertz CT molecular complexity index is 1110. The number of carbonyl (C=O) groups is 2. The Morgan fingerprint density at radius 2 is 1.71 bits per heavy atom. The van der Waals surface area contributed by atoms with Crippen LogP contribution in [-0.4, -0.2) is 24.6 Å². The summed E-state index contributed by atoms with van der Waals surface area (Å²) in [7, 11) is 0. The van der Waals surface area contributed by atoms with E-state index in [-0.39, 0.29) is 36.1 Å². The number of primary amides is 1. The second-order valence-electron chi connectivity index (χ2n) is 8.91. The molecular weight excluding hydrogens is 461 g/mol. The van der Waals surface area contributed by atoms with Gasteiger partial charge in [-0.05, 0) is 42.5 Å². The first-order chi connectivity index (χ1) is 16.7. The van der Waals surface area contributed by atoms with E-state index in [0.717, 1.165) is 38.2 Å². The molecule has 0 bridgehead atoms. The average Bonchev–Trinajstić information content (AvgIpc) is 3.38. The maximum absolute atomic E-state index is 14.4. The number of rotatable bonds is 7. The first-order valence-corrected chi connectivity index (χ1v) is 11.5. The van der Waals surface area contributed by atoms with Crippen molar-refractivity contribution in [3.63, 3.8) is 0 Å². The molecule has 0 aromatic heterocycles. The van der Waals surface area contributed by atoms with E-state index < -0.39 is 29.0 Å². The van der Waals surface area contributed by atoms with Crippen LogP contribution in [0.5, 0.6) is 0 Å². The van der Waals surface area contributed by atoms with Gasteiger partial charge in [-0.15, -0.1) is 0 Å². The lowest BCUT2D eigenvalue weighted by atomic mass is 9.70. The van der Waals surface area contributed by atoms with Gasteiger partial charge in [0.05, 0.1) is 5.56 Å². The van der Waals surface area contributed by atoms with Gasteiger partial charge in [-0.25, -0.2) is 0 Å². The molecule has 1 aliphatic heterocycles. The molecule has 1 unspecified atom stereocenters. The second-order valence-corrected chi connectivity index (χ2v) is 8.91. The van der Waals surface area contributed by atoms with Crippen molar-refractivity contribution in [1.29, 1.82) is 0 Å². The number of ether oxygens (including phenoxy) is 2. The van der Waals surface area contributed by atoms with E-state index in [1.54, 1.807) is 30.3 Å². The topological polar surface area (TPSA) is 90.7 Å². The van der Waals surface area contributed by atoms with Gasteiger partial charge in [-0.1, -0.05) is 55.7 Å². The molecule has 3 N–H and O–H groups in total. The Hall–Kier alpha value is -3.49. The molecule has 2 aromatic rings. The van der Waals surface area contributed by atoms with Crippen molar-refractivity contribution in [1.82, 2.24) is 5.32 Å². The molecule has 0 radical (unpaired) electrons. The minimum absolute atomic E-state index is 0.0213. The maximum Gasteiger partial charge on any atom is 0.416 e. The first kappa shape index (κ1) is 24.6. The van der Waals surface area contributed by atoms with Gasteiger partial charge in [-0.3, -0.25) is 9.59 Å². The normalized spacial score (nSPS) is 18.1. The fourth-order valence-corrected chi connectivity index (χ4v) is 4.86. The highest BCUT2D eigenvalue weighted by Gasteiger charge is 2.52. The standard InChI is InChI=1S/C26H27F3N2O4/c27-26(28,29)21-13-18(23(30)32)11-12-20(21)25(22-15-34-16-35-22,14-17-7-3-1-4-8-17)24(33)31-19-9-5-2-6-10-19/h1,3-4,7-8,11-13,15,19H,2,5-6,9-10,14,16H2,(H2,30,32)(H,31,33). The molecule has 2 aromatic carbocycles. The Labute approximate surface area is 201 Å². The molecule has 35 heavy (non-hydrogen) atoms. The number of nitrogens with two attached hydrogens (primary N) is 1. The molecule has 1 fully saturated rings. The van der Waals surface area contributed by atoms with Gasteiger partial charge in [0, 0.05) is 11.6 Å². The number of nitrogens with one attached hydrogen (secondary N) is 1. The highest BCUT2D eigenvalue weighted by molar-refractivity contribution is 5.95. The number of benzene rings is 2. The first-order valence-electron chi connectivity index (χ1n) is 11.5. The Morgan fingerprint density at radius 3 is 2.31 bits per heavy atom. The zero-order chi connectivity index (χ0) is 25.1. The summed E-state index contributed by atoms with van der Waals surface area (Å²) in [5.41, 5.74) is 2.25. The van der Waals surface area contributed by atoms with Crippen LogP contribution in [0.4, 0.5) is 13.2 Å². The maximum atomic E-state index is 14.4. The van der Waals surface area contributed by atoms with Gasteiger partial charge in [-0.2, -0.15) is 13.2 Å². The number of halogens is 3. The van der Waals surface area contributed by atoms with Crippen LogP contribution in [0.2, 0.25) is 0 Å². The molecule has 2 amide bonds. The van der Waals surface area contributed by atoms with Crippen LogP contribution in [0, 0.1) is 0 Å². The molecular formula is C26H27F3N2O4. The molecule has 1 aliphatic carbocycles. The average molecular weight is 489 g/mol. The summed E-state index contributed by atoms with van der Waals surface area (Å²) in [5, 5.41) is 3.00. The largest absolute Gasteiger partial charge is 0.462 e. The summed E-state index contributed by atoms with van der Waals surface area (Å²) >= 11 is 0. The van der Waals surface area contributed by atoms with Crippen molar-refractivity contribution in [3.8, 4) is 0 Å². The van der Waals surface area contributed by atoms with E-state index in [0.29, 0.717) is 11.6 Å². The third kappa shape index (κ3) is 5.13. The van der Waals surface area contributed by atoms with Crippen molar-refractivity contribution in [2.45, 2.75) is 56.2 Å². The summed E-state index contributed by atoms with van der Waals surface area (Å²) < 4.78 is 54.0. The van der Waals surface area contributed by atoms with Crippen molar-refractivity contribution in [2.24, 2.45) is 5.73 Å². The minimum atomic E-state index is -4.87. The lowest BCUT2D eigenvalue weighted by molar-refractivity contribution is -0.139. The number of carbonyl (C=O) groups excluding carboxylic acids is 2. The van der Waals surface area contributed by atoms with E-state index in [1.807, 2.05) is 0 Å². The van der Waals surface area contributed by atoms with Gasteiger partial charge in [0.2, 0.25) is 18.6 Å². The highest BCUT2D eigenvalue weighted by atomic mass is 19.4. The summed E-state index contributed by atoms with van der Waals surface area (Å²) in [4.78, 5) is 25.8. The zero-order valence-electron chi connectivity index (χ0n) is 19.1. The molecule has 1 saturated carbocycles. The van der Waals surface area contributed by atoms with Crippen LogP contribution in [0.1, 0.15) is 59.2 Å². The predicted octanol–water partition coefficient (Wildman–Crippen LogP) is 4.58. The zero-order valence-corrected chi connectivity index (χ0v) is 19.1. The second kappa shape index (κ2) is 10.0. The fourth-order valence-electron chi connectivity index (χ4n) is 4.86. The number of hydrogen-bond acceptors (Lipinski definition) is 4. The van der Waals surface area contributed by atoms with Crippen LogP contribution < -0.4 is 11.1 Å². The van der Waals surface area contributed by atoms with E-state index in [2.05, 4.69) is 5.32 Å². The van der Waals surface area contributed by atoms with Gasteiger partial charge in [0.1, 0.15) is 11.7 Å². The third-order valence-electron chi connectivity index (χ3n) is 6.60. The fraction of sp³-hybridized carbons (Fsp3) is 0.385. The molecule has 1 heterocycles. The van der Waals surface area contributed by atoms with E-state index in [1.165, 1.54) is 12.3 Å². The van der Waals surface area contributed by atoms with Gasteiger partial charge in [0.25, 0.3) is 0 Å².